The van der Waals surface area contributed by atoms with Gasteiger partial charge in [0, 0.05) is 18.1 Å². The molecule has 5 nitrogen and oxygen atoms in total. The number of ether oxygens (including phenoxy) is 2. The van der Waals surface area contributed by atoms with Crippen LogP contribution in [-0.4, -0.2) is 26.7 Å². The fourth-order valence-corrected chi connectivity index (χ4v) is 2.85. The first kappa shape index (κ1) is 18.5. The number of amides is 1. The quantitative estimate of drug-likeness (QED) is 0.869. The summed E-state index contributed by atoms with van der Waals surface area (Å²) < 4.78 is 23.9. The maximum Gasteiger partial charge on any atom is 0.227 e. The number of hydrogen-bond donors (Lipinski definition) is 2. The third kappa shape index (κ3) is 3.81. The summed E-state index contributed by atoms with van der Waals surface area (Å²) in [5.41, 5.74) is 6.00. The van der Waals surface area contributed by atoms with E-state index < -0.39 is 5.82 Å². The smallest absolute Gasteiger partial charge is 0.227 e. The van der Waals surface area contributed by atoms with Gasteiger partial charge in [-0.3, -0.25) is 4.79 Å². The van der Waals surface area contributed by atoms with E-state index in [0.717, 1.165) is 19.3 Å². The highest BCUT2D eigenvalue weighted by Gasteiger charge is 2.32. The molecule has 0 aromatic heterocycles. The summed E-state index contributed by atoms with van der Waals surface area (Å²) in [4.78, 5) is 12.3. The SMILES string of the molecule is COc1cc(OC)c(NC(=O)[C@@H]2CCC[C@@H]2CN)cc1F.Cl. The van der Waals surface area contributed by atoms with Crippen molar-refractivity contribution in [2.75, 3.05) is 26.1 Å². The zero-order chi connectivity index (χ0) is 15.4. The van der Waals surface area contributed by atoms with E-state index in [4.69, 9.17) is 15.2 Å². The van der Waals surface area contributed by atoms with Crippen LogP contribution in [0.2, 0.25) is 0 Å². The van der Waals surface area contributed by atoms with Crippen molar-refractivity contribution in [3.63, 3.8) is 0 Å². The van der Waals surface area contributed by atoms with Crippen molar-refractivity contribution in [3.8, 4) is 11.5 Å². The van der Waals surface area contributed by atoms with Gasteiger partial charge in [0.2, 0.25) is 5.91 Å². The predicted molar refractivity (Wildman–Crippen MR) is 85.3 cm³/mol. The molecule has 1 aromatic carbocycles. The first-order chi connectivity index (χ1) is 10.1. The standard InChI is InChI=1S/C15H21FN2O3.ClH/c1-20-13-7-14(21-2)12(6-11(13)16)18-15(19)10-5-3-4-9(10)8-17;/h6-7,9-10H,3-5,8,17H2,1-2H3,(H,18,19);1H/t9-,10-;/m1./s1. The van der Waals surface area contributed by atoms with E-state index in [1.807, 2.05) is 0 Å². The van der Waals surface area contributed by atoms with E-state index in [1.165, 1.54) is 26.4 Å². The molecule has 124 valence electrons. The van der Waals surface area contributed by atoms with Crippen LogP contribution in [-0.2, 0) is 4.79 Å². The number of benzene rings is 1. The van der Waals surface area contributed by atoms with Crippen LogP contribution in [0.3, 0.4) is 0 Å². The molecule has 1 aliphatic rings. The highest BCUT2D eigenvalue weighted by atomic mass is 35.5. The average molecular weight is 333 g/mol. The molecule has 1 amide bonds. The van der Waals surface area contributed by atoms with Crippen molar-refractivity contribution in [1.29, 1.82) is 0 Å². The first-order valence-corrected chi connectivity index (χ1v) is 7.03. The van der Waals surface area contributed by atoms with Crippen LogP contribution in [0, 0.1) is 17.7 Å². The minimum atomic E-state index is -0.546. The summed E-state index contributed by atoms with van der Waals surface area (Å²) in [6, 6.07) is 2.63. The van der Waals surface area contributed by atoms with E-state index in [-0.39, 0.29) is 35.9 Å². The van der Waals surface area contributed by atoms with Crippen LogP contribution in [0.5, 0.6) is 11.5 Å². The summed E-state index contributed by atoms with van der Waals surface area (Å²) in [5.74, 6) is -0.167. The van der Waals surface area contributed by atoms with Gasteiger partial charge in [-0.15, -0.1) is 12.4 Å². The highest BCUT2D eigenvalue weighted by Crippen LogP contribution is 2.35. The molecule has 22 heavy (non-hydrogen) atoms. The average Bonchev–Trinajstić information content (AvgIpc) is 2.96. The molecule has 0 aliphatic heterocycles. The topological polar surface area (TPSA) is 73.6 Å². The van der Waals surface area contributed by atoms with E-state index in [2.05, 4.69) is 5.32 Å². The molecule has 1 aromatic rings. The number of methoxy groups -OCH3 is 2. The number of anilines is 1. The van der Waals surface area contributed by atoms with Crippen molar-refractivity contribution < 1.29 is 18.7 Å². The molecular formula is C15H22ClFN2O3. The predicted octanol–water partition coefficient (Wildman–Crippen LogP) is 2.58. The summed E-state index contributed by atoms with van der Waals surface area (Å²) in [7, 11) is 2.83. The Balaban J connectivity index is 0.00000242. The molecule has 1 aliphatic carbocycles. The molecule has 7 heteroatoms. The van der Waals surface area contributed by atoms with E-state index in [9.17, 15) is 9.18 Å². The van der Waals surface area contributed by atoms with Crippen LogP contribution in [0.15, 0.2) is 12.1 Å². The van der Waals surface area contributed by atoms with Gasteiger partial charge in [0.05, 0.1) is 19.9 Å². The lowest BCUT2D eigenvalue weighted by atomic mass is 9.95. The Hall–Kier alpha value is -1.53. The van der Waals surface area contributed by atoms with Crippen molar-refractivity contribution in [2.45, 2.75) is 19.3 Å². The first-order valence-electron chi connectivity index (χ1n) is 7.03. The van der Waals surface area contributed by atoms with E-state index >= 15 is 0 Å². The Morgan fingerprint density at radius 2 is 2.00 bits per heavy atom. The van der Waals surface area contributed by atoms with Crippen LogP contribution in [0.1, 0.15) is 19.3 Å². The van der Waals surface area contributed by atoms with Gasteiger partial charge in [-0.05, 0) is 25.3 Å². The van der Waals surface area contributed by atoms with Crippen molar-refractivity contribution in [3.05, 3.63) is 17.9 Å². The van der Waals surface area contributed by atoms with Crippen LogP contribution in [0.4, 0.5) is 10.1 Å². The fourth-order valence-electron chi connectivity index (χ4n) is 2.85. The largest absolute Gasteiger partial charge is 0.494 e. The fraction of sp³-hybridized carbons (Fsp3) is 0.533. The second kappa shape index (κ2) is 8.19. The second-order valence-corrected chi connectivity index (χ2v) is 5.21. The van der Waals surface area contributed by atoms with E-state index in [0.29, 0.717) is 18.0 Å². The Kier molecular flexibility index (Phi) is 6.90. The summed E-state index contributed by atoms with van der Waals surface area (Å²) in [6.45, 7) is 0.492. The lowest BCUT2D eigenvalue weighted by Gasteiger charge is -2.19. The maximum atomic E-state index is 13.8. The Morgan fingerprint density at radius 1 is 1.32 bits per heavy atom. The van der Waals surface area contributed by atoms with E-state index in [1.54, 1.807) is 0 Å². The van der Waals surface area contributed by atoms with Crippen LogP contribution in [0.25, 0.3) is 0 Å². The molecule has 0 unspecified atom stereocenters. The lowest BCUT2D eigenvalue weighted by molar-refractivity contribution is -0.120. The van der Waals surface area contributed by atoms with Crippen LogP contribution >= 0.6 is 12.4 Å². The van der Waals surface area contributed by atoms with Crippen molar-refractivity contribution >= 4 is 24.0 Å². The van der Waals surface area contributed by atoms with Gasteiger partial charge < -0.3 is 20.5 Å². The molecule has 0 bridgehead atoms. The number of hydrogen-bond acceptors (Lipinski definition) is 4. The Labute approximate surface area is 135 Å². The molecule has 1 fully saturated rings. The molecule has 0 radical (unpaired) electrons. The highest BCUT2D eigenvalue weighted by molar-refractivity contribution is 5.94. The van der Waals surface area contributed by atoms with Gasteiger partial charge in [-0.25, -0.2) is 4.39 Å². The summed E-state index contributed by atoms with van der Waals surface area (Å²) >= 11 is 0. The third-order valence-electron chi connectivity index (χ3n) is 4.03. The second-order valence-electron chi connectivity index (χ2n) is 5.21. The minimum Gasteiger partial charge on any atom is -0.494 e. The monoisotopic (exact) mass is 332 g/mol. The van der Waals surface area contributed by atoms with Crippen LogP contribution < -0.4 is 20.5 Å². The molecule has 0 heterocycles. The normalized spacial score (nSPS) is 20.2. The van der Waals surface area contributed by atoms with Gasteiger partial charge in [0.25, 0.3) is 0 Å². The number of carbonyl (C=O) groups excluding carboxylic acids is 1. The maximum absolute atomic E-state index is 13.8. The van der Waals surface area contributed by atoms with Gasteiger partial charge in [0.1, 0.15) is 5.75 Å². The van der Waals surface area contributed by atoms with Gasteiger partial charge in [-0.2, -0.15) is 0 Å². The molecular weight excluding hydrogens is 311 g/mol. The summed E-state index contributed by atoms with van der Waals surface area (Å²) in [5, 5.41) is 2.74. The van der Waals surface area contributed by atoms with Gasteiger partial charge in [-0.1, -0.05) is 6.42 Å². The molecule has 0 spiro atoms. The summed E-state index contributed by atoms with van der Waals surface area (Å²) in [6.07, 6.45) is 2.77. The minimum absolute atomic E-state index is 0. The number of carbonyl (C=O) groups is 1. The molecule has 2 rings (SSSR count). The molecule has 0 saturated heterocycles. The zero-order valence-electron chi connectivity index (χ0n) is 12.7. The number of rotatable bonds is 5. The van der Waals surface area contributed by atoms with Gasteiger partial charge >= 0.3 is 0 Å². The van der Waals surface area contributed by atoms with Crippen molar-refractivity contribution in [2.24, 2.45) is 17.6 Å². The third-order valence-corrected chi connectivity index (χ3v) is 4.03. The van der Waals surface area contributed by atoms with Crippen molar-refractivity contribution in [1.82, 2.24) is 0 Å². The Morgan fingerprint density at radius 3 is 2.59 bits per heavy atom. The number of nitrogens with one attached hydrogen (secondary N) is 1. The Bertz CT molecular complexity index is 528. The molecule has 2 atom stereocenters. The van der Waals surface area contributed by atoms with Gasteiger partial charge in [0.15, 0.2) is 11.6 Å². The number of halogens is 2. The lowest BCUT2D eigenvalue weighted by Crippen LogP contribution is -2.29. The molecule has 1 saturated carbocycles. The zero-order valence-corrected chi connectivity index (χ0v) is 13.5. The molecule has 3 N–H and O–H groups in total. The number of nitrogens with two attached hydrogens (primary N) is 1.